The van der Waals surface area contributed by atoms with Crippen molar-refractivity contribution in [3.05, 3.63) is 167 Å². The van der Waals surface area contributed by atoms with Crippen molar-refractivity contribution in [1.29, 1.82) is 0 Å². The first-order valence-corrected chi connectivity index (χ1v) is 18.9. The lowest BCUT2D eigenvalue weighted by Crippen LogP contribution is -2.48. The summed E-state index contributed by atoms with van der Waals surface area (Å²) in [5.41, 5.74) is 5.53. The molecule has 0 unspecified atom stereocenters. The molecular formula is C43H47N3O3S. The minimum absolute atomic E-state index is 0.0356. The third kappa shape index (κ3) is 7.85. The van der Waals surface area contributed by atoms with Gasteiger partial charge in [-0.3, -0.25) is 14.0 Å². The normalized spacial score (nSPS) is 22.5. The SMILES string of the molecule is C=C[C@@H]1C[C@]1(NC(=O)[C@H]1CCN(Cc2cccc(-c3ccccc3)c2)C1)/C(=C/C)N(C)S(=O)(=O)C1=CC=CC(/C=C\Cc2ccccc2)=CC1. The van der Waals surface area contributed by atoms with E-state index in [0.717, 1.165) is 31.5 Å². The molecule has 3 aromatic carbocycles. The van der Waals surface area contributed by atoms with Crippen LogP contribution in [0.1, 0.15) is 37.3 Å². The predicted octanol–water partition coefficient (Wildman–Crippen LogP) is 7.97. The lowest BCUT2D eigenvalue weighted by molar-refractivity contribution is -0.125. The lowest BCUT2D eigenvalue weighted by atomic mass is 10.0. The molecule has 0 spiro atoms. The molecule has 1 N–H and O–H groups in total. The van der Waals surface area contributed by atoms with Gasteiger partial charge in [0.05, 0.1) is 22.1 Å². The Morgan fingerprint density at radius 2 is 1.74 bits per heavy atom. The fourth-order valence-corrected chi connectivity index (χ4v) is 8.66. The zero-order valence-corrected chi connectivity index (χ0v) is 29.9. The number of carbonyl (C=O) groups is 1. The number of hydrogen-bond donors (Lipinski definition) is 1. The van der Waals surface area contributed by atoms with E-state index >= 15 is 0 Å². The third-order valence-electron chi connectivity index (χ3n) is 10.1. The summed E-state index contributed by atoms with van der Waals surface area (Å²) >= 11 is 0. The number of likely N-dealkylation sites (N-methyl/N-ethyl adjacent to an activating group) is 1. The van der Waals surface area contributed by atoms with Crippen molar-refractivity contribution in [2.24, 2.45) is 11.8 Å². The van der Waals surface area contributed by atoms with Gasteiger partial charge >= 0.3 is 0 Å². The first-order valence-electron chi connectivity index (χ1n) is 17.5. The Morgan fingerprint density at radius 1 is 1.02 bits per heavy atom. The summed E-state index contributed by atoms with van der Waals surface area (Å²) in [7, 11) is -2.27. The van der Waals surface area contributed by atoms with Gasteiger partial charge in [0.2, 0.25) is 5.91 Å². The first-order chi connectivity index (χ1) is 24.2. The number of sulfonamides is 1. The lowest BCUT2D eigenvalue weighted by Gasteiger charge is -2.31. The molecule has 0 aromatic heterocycles. The predicted molar refractivity (Wildman–Crippen MR) is 204 cm³/mol. The Hall–Kier alpha value is -4.72. The van der Waals surface area contributed by atoms with Gasteiger partial charge in [-0.15, -0.1) is 6.58 Å². The van der Waals surface area contributed by atoms with E-state index < -0.39 is 15.6 Å². The molecule has 1 saturated heterocycles. The van der Waals surface area contributed by atoms with Crippen LogP contribution in [0.15, 0.2) is 156 Å². The standard InChI is InChI=1S/C43H47N3O3S/c1-4-39-30-43(39,44-42(47)38-27-28-46(32-38)31-35-20-13-23-37(29-35)36-21-10-7-11-22-36)41(5-2)45(3)50(48,49)40-24-14-19-34(25-26-40)18-12-17-33-15-8-6-9-16-33/h4-16,18-25,29,38-39H,1,17,26-28,30-32H2,2-3H3,(H,44,47)/b18-12-,41-5-/t38-,39+,43+/m0/s1. The fraction of sp³-hybridized carbons (Fsp3) is 0.279. The molecule has 2 aliphatic carbocycles. The quantitative estimate of drug-likeness (QED) is 0.185. The first kappa shape index (κ1) is 35.1. The Bertz CT molecular complexity index is 1960. The zero-order valence-electron chi connectivity index (χ0n) is 29.0. The number of benzene rings is 3. The van der Waals surface area contributed by atoms with Crippen LogP contribution in [0.4, 0.5) is 0 Å². The van der Waals surface area contributed by atoms with Crippen molar-refractivity contribution in [1.82, 2.24) is 14.5 Å². The summed E-state index contributed by atoms with van der Waals surface area (Å²) in [6.07, 6.45) is 17.6. The van der Waals surface area contributed by atoms with Gasteiger partial charge in [-0.1, -0.05) is 121 Å². The van der Waals surface area contributed by atoms with Gasteiger partial charge in [0.15, 0.2) is 0 Å². The number of likely N-dealkylation sites (tertiary alicyclic amines) is 1. The minimum Gasteiger partial charge on any atom is -0.344 e. The van der Waals surface area contributed by atoms with E-state index in [9.17, 15) is 13.2 Å². The molecule has 258 valence electrons. The van der Waals surface area contributed by atoms with E-state index in [1.165, 1.54) is 26.6 Å². The number of nitrogens with one attached hydrogen (secondary N) is 1. The Labute approximate surface area is 298 Å². The van der Waals surface area contributed by atoms with Crippen molar-refractivity contribution in [2.75, 3.05) is 20.1 Å². The summed E-state index contributed by atoms with van der Waals surface area (Å²) < 4.78 is 29.5. The molecule has 1 aliphatic heterocycles. The molecule has 0 bridgehead atoms. The van der Waals surface area contributed by atoms with Crippen molar-refractivity contribution in [3.63, 3.8) is 0 Å². The van der Waals surface area contributed by atoms with Crippen LogP contribution >= 0.6 is 0 Å². The molecular weight excluding hydrogens is 639 g/mol. The summed E-state index contributed by atoms with van der Waals surface area (Å²) in [6.45, 7) is 8.11. The summed E-state index contributed by atoms with van der Waals surface area (Å²) in [6, 6.07) is 29.2. The zero-order chi connectivity index (χ0) is 35.1. The highest BCUT2D eigenvalue weighted by Gasteiger charge is 2.59. The average Bonchev–Trinajstić information content (AvgIpc) is 3.73. The van der Waals surface area contributed by atoms with Crippen LogP contribution in [-0.4, -0.2) is 49.2 Å². The van der Waals surface area contributed by atoms with Crippen molar-refractivity contribution in [2.45, 2.75) is 44.7 Å². The van der Waals surface area contributed by atoms with Crippen LogP contribution in [0.25, 0.3) is 11.1 Å². The summed E-state index contributed by atoms with van der Waals surface area (Å²) in [5, 5.41) is 3.32. The maximum Gasteiger partial charge on any atom is 0.260 e. The number of carbonyl (C=O) groups excluding carboxylic acids is 1. The number of nitrogens with zero attached hydrogens (tertiary/aromatic N) is 2. The van der Waals surface area contributed by atoms with Gasteiger partial charge in [0.1, 0.15) is 0 Å². The Kier molecular flexibility index (Phi) is 10.8. The second-order valence-corrected chi connectivity index (χ2v) is 15.5. The highest BCUT2D eigenvalue weighted by Crippen LogP contribution is 2.51. The summed E-state index contributed by atoms with van der Waals surface area (Å²) in [5.74, 6) is -0.271. The molecule has 2 fully saturated rings. The molecule has 6 nitrogen and oxygen atoms in total. The van der Waals surface area contributed by atoms with Crippen LogP contribution in [0, 0.1) is 11.8 Å². The fourth-order valence-electron chi connectivity index (χ4n) is 7.23. The molecule has 6 rings (SSSR count). The molecule has 1 heterocycles. The van der Waals surface area contributed by atoms with Crippen LogP contribution in [-0.2, 0) is 27.8 Å². The molecule has 7 heteroatoms. The Morgan fingerprint density at radius 3 is 2.46 bits per heavy atom. The maximum absolute atomic E-state index is 14.1. The number of amides is 1. The maximum atomic E-state index is 14.1. The number of allylic oxidation sites excluding steroid dienone is 9. The van der Waals surface area contributed by atoms with E-state index in [1.807, 2.05) is 73.7 Å². The van der Waals surface area contributed by atoms with Crippen molar-refractivity contribution >= 4 is 15.9 Å². The second kappa shape index (κ2) is 15.4. The van der Waals surface area contributed by atoms with Crippen LogP contribution in [0.5, 0.6) is 0 Å². The largest absolute Gasteiger partial charge is 0.344 e. The second-order valence-electron chi connectivity index (χ2n) is 13.4. The number of rotatable bonds is 13. The highest BCUT2D eigenvalue weighted by atomic mass is 32.2. The monoisotopic (exact) mass is 685 g/mol. The molecule has 0 radical (unpaired) electrons. The molecule has 50 heavy (non-hydrogen) atoms. The third-order valence-corrected chi connectivity index (χ3v) is 12.0. The van der Waals surface area contributed by atoms with Gasteiger partial charge in [0.25, 0.3) is 10.0 Å². The molecule has 3 atom stereocenters. The molecule has 1 saturated carbocycles. The molecule has 1 amide bonds. The van der Waals surface area contributed by atoms with Gasteiger partial charge in [-0.25, -0.2) is 8.42 Å². The summed E-state index contributed by atoms with van der Waals surface area (Å²) in [4.78, 5) is 16.5. The van der Waals surface area contributed by atoms with Crippen LogP contribution < -0.4 is 5.32 Å². The van der Waals surface area contributed by atoms with Crippen LogP contribution in [0.2, 0.25) is 0 Å². The highest BCUT2D eigenvalue weighted by molar-refractivity contribution is 7.93. The molecule has 3 aromatic rings. The van der Waals surface area contributed by atoms with E-state index in [-0.39, 0.29) is 24.2 Å². The smallest absolute Gasteiger partial charge is 0.260 e. The van der Waals surface area contributed by atoms with E-state index in [2.05, 4.69) is 71.4 Å². The van der Waals surface area contributed by atoms with Gasteiger partial charge in [0, 0.05) is 32.5 Å². The van der Waals surface area contributed by atoms with Crippen molar-refractivity contribution < 1.29 is 13.2 Å². The minimum atomic E-state index is -3.87. The number of hydrogen-bond acceptors (Lipinski definition) is 4. The topological polar surface area (TPSA) is 69.7 Å². The van der Waals surface area contributed by atoms with E-state index in [4.69, 9.17) is 0 Å². The van der Waals surface area contributed by atoms with E-state index in [1.54, 1.807) is 19.2 Å². The van der Waals surface area contributed by atoms with Crippen LogP contribution in [0.3, 0.4) is 0 Å². The average molecular weight is 686 g/mol. The molecule has 3 aliphatic rings. The van der Waals surface area contributed by atoms with Gasteiger partial charge in [-0.05, 0) is 72.7 Å². The van der Waals surface area contributed by atoms with E-state index in [0.29, 0.717) is 23.6 Å². The van der Waals surface area contributed by atoms with Gasteiger partial charge < -0.3 is 5.32 Å². The van der Waals surface area contributed by atoms with Gasteiger partial charge in [-0.2, -0.15) is 0 Å². The Balaban J connectivity index is 1.09. The van der Waals surface area contributed by atoms with Crippen molar-refractivity contribution in [3.8, 4) is 11.1 Å².